The second kappa shape index (κ2) is 55.7. The fraction of sp³-hybridized carbons (Fsp3) is 0.738. The van der Waals surface area contributed by atoms with Crippen LogP contribution in [0.3, 0.4) is 0 Å². The van der Waals surface area contributed by atoms with Crippen molar-refractivity contribution in [2.24, 2.45) is 0 Å². The van der Waals surface area contributed by atoms with Gasteiger partial charge in [-0.15, -0.1) is 0 Å². The average molecular weight is 1040 g/mol. The third-order valence-corrected chi connectivity index (χ3v) is 12.9. The van der Waals surface area contributed by atoms with Crippen LogP contribution in [-0.4, -0.2) is 87.4 Å². The number of likely N-dealkylation sites (N-methyl/N-ethyl adjacent to an activating group) is 1. The van der Waals surface area contributed by atoms with E-state index >= 15 is 0 Å². The van der Waals surface area contributed by atoms with Gasteiger partial charge in [0.2, 0.25) is 0 Å². The lowest BCUT2D eigenvalue weighted by atomic mass is 10.0. The topological polar surface area (TPSA) is 108 Å². The Morgan fingerprint density at radius 3 is 1.16 bits per heavy atom. The van der Waals surface area contributed by atoms with Gasteiger partial charge in [-0.3, -0.25) is 9.59 Å². The first-order valence-electron chi connectivity index (χ1n) is 30.3. The van der Waals surface area contributed by atoms with Gasteiger partial charge in [0, 0.05) is 12.8 Å². The van der Waals surface area contributed by atoms with Crippen LogP contribution in [0.25, 0.3) is 0 Å². The van der Waals surface area contributed by atoms with Gasteiger partial charge in [0.25, 0.3) is 6.29 Å². The van der Waals surface area contributed by atoms with E-state index in [-0.39, 0.29) is 32.2 Å². The number of allylic oxidation sites excluding steroid dienone is 14. The van der Waals surface area contributed by atoms with Crippen molar-refractivity contribution in [1.82, 2.24) is 0 Å². The lowest BCUT2D eigenvalue weighted by molar-refractivity contribution is -0.870. The molecule has 2 atom stereocenters. The molecule has 0 aromatic carbocycles. The smallest absolute Gasteiger partial charge is 0.361 e. The van der Waals surface area contributed by atoms with Gasteiger partial charge in [-0.1, -0.05) is 234 Å². The highest BCUT2D eigenvalue weighted by atomic mass is 16.7. The lowest BCUT2D eigenvalue weighted by Gasteiger charge is -2.25. The van der Waals surface area contributed by atoms with Gasteiger partial charge in [0.1, 0.15) is 13.2 Å². The zero-order valence-corrected chi connectivity index (χ0v) is 48.5. The predicted molar refractivity (Wildman–Crippen MR) is 313 cm³/mol. The molecular formula is C65H114NO8+. The van der Waals surface area contributed by atoms with Crippen LogP contribution in [0.5, 0.6) is 0 Å². The van der Waals surface area contributed by atoms with E-state index in [1.165, 1.54) is 128 Å². The number of carboxylic acids is 1. The van der Waals surface area contributed by atoms with Gasteiger partial charge >= 0.3 is 17.9 Å². The fourth-order valence-corrected chi connectivity index (χ4v) is 8.25. The molecule has 1 N–H and O–H groups in total. The Kier molecular flexibility index (Phi) is 53.0. The van der Waals surface area contributed by atoms with Gasteiger partial charge in [-0.05, 0) is 89.9 Å². The minimum Gasteiger partial charge on any atom is -0.477 e. The van der Waals surface area contributed by atoms with E-state index in [0.29, 0.717) is 17.4 Å². The maximum absolute atomic E-state index is 12.9. The van der Waals surface area contributed by atoms with Crippen molar-refractivity contribution in [3.05, 3.63) is 85.1 Å². The summed E-state index contributed by atoms with van der Waals surface area (Å²) in [7, 11) is 5.96. The first kappa shape index (κ1) is 70.5. The number of carbonyl (C=O) groups is 3. The van der Waals surface area contributed by atoms with Crippen molar-refractivity contribution in [2.75, 3.05) is 47.5 Å². The highest BCUT2D eigenvalue weighted by molar-refractivity contribution is 5.71. The van der Waals surface area contributed by atoms with Gasteiger partial charge in [0.15, 0.2) is 6.10 Å². The first-order chi connectivity index (χ1) is 36.1. The Bertz CT molecular complexity index is 1490. The van der Waals surface area contributed by atoms with Crippen molar-refractivity contribution >= 4 is 17.9 Å². The van der Waals surface area contributed by atoms with Crippen molar-refractivity contribution in [2.45, 2.75) is 264 Å². The van der Waals surface area contributed by atoms with Gasteiger partial charge in [-0.2, -0.15) is 0 Å². The number of rotatable bonds is 55. The van der Waals surface area contributed by atoms with E-state index in [4.69, 9.17) is 18.9 Å². The lowest BCUT2D eigenvalue weighted by Crippen LogP contribution is -2.40. The molecule has 0 spiro atoms. The Labute approximate surface area is 455 Å². The van der Waals surface area contributed by atoms with Gasteiger partial charge < -0.3 is 28.5 Å². The number of quaternary nitrogens is 1. The summed E-state index contributed by atoms with van der Waals surface area (Å²) in [4.78, 5) is 37.4. The number of aliphatic carboxylic acids is 1. The molecule has 0 heterocycles. The molecule has 0 aromatic heterocycles. The molecule has 0 aliphatic carbocycles. The molecule has 0 rings (SSSR count). The molecule has 74 heavy (non-hydrogen) atoms. The molecule has 426 valence electrons. The van der Waals surface area contributed by atoms with Gasteiger partial charge in [0.05, 0.1) is 34.4 Å². The van der Waals surface area contributed by atoms with Crippen LogP contribution >= 0.6 is 0 Å². The number of hydrogen-bond acceptors (Lipinski definition) is 7. The Balaban J connectivity index is 4.10. The largest absolute Gasteiger partial charge is 0.477 e. The highest BCUT2D eigenvalue weighted by Gasteiger charge is 2.25. The van der Waals surface area contributed by atoms with Gasteiger partial charge in [-0.25, -0.2) is 4.79 Å². The van der Waals surface area contributed by atoms with Crippen LogP contribution in [0.4, 0.5) is 0 Å². The first-order valence-corrected chi connectivity index (χ1v) is 30.3. The molecule has 0 amide bonds. The third-order valence-electron chi connectivity index (χ3n) is 12.9. The minimum absolute atomic E-state index is 0.185. The molecule has 9 heteroatoms. The van der Waals surface area contributed by atoms with E-state index in [9.17, 15) is 19.5 Å². The molecule has 9 nitrogen and oxygen atoms in total. The number of carbonyl (C=O) groups excluding carboxylic acids is 2. The molecule has 0 aliphatic rings. The van der Waals surface area contributed by atoms with E-state index < -0.39 is 24.3 Å². The Morgan fingerprint density at radius 2 is 0.770 bits per heavy atom. The molecular weight excluding hydrogens is 923 g/mol. The SMILES string of the molecule is CC/C=C\C/C=C\C/C=C\C/C=C\C/C=C\C/C=C\CCCCCCCCCCCCCCCCCCC(=O)OC(COC(=O)CCCCCCC/C=C\CCCCCCC)COC(OCC[N+](C)(C)C)C(=O)O. The minimum atomic E-state index is -1.51. The highest BCUT2D eigenvalue weighted by Crippen LogP contribution is 2.16. The summed E-state index contributed by atoms with van der Waals surface area (Å²) in [6.07, 6.45) is 71.0. The summed E-state index contributed by atoms with van der Waals surface area (Å²) in [5.74, 6) is -2.01. The molecule has 0 aliphatic heterocycles. The third kappa shape index (κ3) is 56.2. The van der Waals surface area contributed by atoms with Crippen molar-refractivity contribution in [3.63, 3.8) is 0 Å². The number of nitrogens with zero attached hydrogens (tertiary/aromatic N) is 1. The molecule has 0 saturated heterocycles. The molecule has 0 saturated carbocycles. The summed E-state index contributed by atoms with van der Waals surface area (Å²) in [6, 6.07) is 0. The van der Waals surface area contributed by atoms with Crippen molar-refractivity contribution in [3.8, 4) is 0 Å². The second-order valence-electron chi connectivity index (χ2n) is 21.3. The van der Waals surface area contributed by atoms with Crippen molar-refractivity contribution in [1.29, 1.82) is 0 Å². The van der Waals surface area contributed by atoms with Crippen molar-refractivity contribution < 1.29 is 42.9 Å². The summed E-state index contributed by atoms with van der Waals surface area (Å²) in [5, 5.41) is 9.70. The molecule has 0 bridgehead atoms. The zero-order chi connectivity index (χ0) is 54.1. The normalized spacial score (nSPS) is 13.4. The Morgan fingerprint density at radius 1 is 0.419 bits per heavy atom. The fourth-order valence-electron chi connectivity index (χ4n) is 8.25. The van der Waals surface area contributed by atoms with Crippen LogP contribution in [0.2, 0.25) is 0 Å². The molecule has 0 radical (unpaired) electrons. The average Bonchev–Trinajstić information content (AvgIpc) is 3.37. The molecule has 0 aromatic rings. The van der Waals surface area contributed by atoms with Crippen LogP contribution in [0.15, 0.2) is 85.1 Å². The van der Waals surface area contributed by atoms with Crippen LogP contribution in [-0.2, 0) is 33.3 Å². The number of esters is 2. The van der Waals surface area contributed by atoms with E-state index in [1.54, 1.807) is 0 Å². The number of hydrogen-bond donors (Lipinski definition) is 1. The molecule has 0 fully saturated rings. The van der Waals surface area contributed by atoms with E-state index in [1.807, 2.05) is 21.1 Å². The summed E-state index contributed by atoms with van der Waals surface area (Å²) in [5.41, 5.74) is 0. The van der Waals surface area contributed by atoms with E-state index in [0.717, 1.165) is 96.3 Å². The standard InChI is InChI=1S/C65H113NO8/c1-6-8-10-12-14-16-18-20-22-23-24-25-26-27-28-29-30-31-32-33-34-35-36-37-38-39-40-41-42-44-46-48-50-52-54-56-63(68)74-61(60-73-65(64(69)70)71-58-57-66(3,4)5)59-72-62(67)55-53-51-49-47-45-43-21-19-17-15-13-11-9-7-2/h8,10,14,16,19-22,24-25,27-28,30-31,61,65H,6-7,9,11-13,15,17-18,23,26,29,32-60H2,1-5H3/p+1/b10-8-,16-14-,21-19-,22-20-,25-24-,28-27-,31-30-. The zero-order valence-electron chi connectivity index (χ0n) is 48.5. The summed E-state index contributed by atoms with van der Waals surface area (Å²) < 4.78 is 22.9. The van der Waals surface area contributed by atoms with Crippen LogP contribution in [0, 0.1) is 0 Å². The quantitative estimate of drug-likeness (QED) is 0.0211. The number of carboxylic acid groups (broad SMARTS) is 1. The van der Waals surface area contributed by atoms with E-state index in [2.05, 4.69) is 98.9 Å². The summed E-state index contributed by atoms with van der Waals surface area (Å²) in [6.45, 7) is 4.75. The molecule has 2 unspecified atom stereocenters. The Hall–Kier alpha value is -3.53. The number of unbranched alkanes of at least 4 members (excludes halogenated alkanes) is 26. The van der Waals surface area contributed by atoms with Crippen LogP contribution in [0.1, 0.15) is 251 Å². The monoisotopic (exact) mass is 1040 g/mol. The maximum atomic E-state index is 12.9. The second-order valence-corrected chi connectivity index (χ2v) is 21.3. The maximum Gasteiger partial charge on any atom is 0.361 e. The number of ether oxygens (including phenoxy) is 4. The predicted octanol–water partition coefficient (Wildman–Crippen LogP) is 18.0. The van der Waals surface area contributed by atoms with Crippen LogP contribution < -0.4 is 0 Å². The summed E-state index contributed by atoms with van der Waals surface area (Å²) >= 11 is 0.